The van der Waals surface area contributed by atoms with E-state index >= 15 is 0 Å². The molecule has 0 radical (unpaired) electrons. The zero-order valence-corrected chi connectivity index (χ0v) is 18.9. The fourth-order valence-corrected chi connectivity index (χ4v) is 3.93. The van der Waals surface area contributed by atoms with Crippen LogP contribution < -0.4 is 16.8 Å². The number of benzene rings is 2. The Morgan fingerprint density at radius 1 is 0.833 bits per heavy atom. The van der Waals surface area contributed by atoms with Crippen LogP contribution in [0.1, 0.15) is 38.8 Å². The first-order valence-corrected chi connectivity index (χ1v) is 10.7. The van der Waals surface area contributed by atoms with Crippen LogP contribution in [0, 0.1) is 0 Å². The molecule has 11 nitrogen and oxygen atoms in total. The average Bonchev–Trinajstić information content (AvgIpc) is 2.86. The number of anilines is 3. The Hall–Kier alpha value is -5.32. The van der Waals surface area contributed by atoms with Crippen molar-refractivity contribution < 1.29 is 14.4 Å². The van der Waals surface area contributed by atoms with Crippen LogP contribution in [0.25, 0.3) is 11.4 Å². The molecule has 0 unspecified atom stereocenters. The maximum absolute atomic E-state index is 13.5. The van der Waals surface area contributed by atoms with Crippen LogP contribution in [-0.2, 0) is 4.79 Å². The van der Waals surface area contributed by atoms with Crippen LogP contribution >= 0.6 is 0 Å². The zero-order chi connectivity index (χ0) is 25.4. The molecule has 176 valence electrons. The number of hydrogen-bond donors (Lipinski definition) is 3. The molecule has 0 aliphatic heterocycles. The molecule has 5 rings (SSSR count). The van der Waals surface area contributed by atoms with E-state index in [-0.39, 0.29) is 62.6 Å². The van der Waals surface area contributed by atoms with Gasteiger partial charge in [-0.1, -0.05) is 24.3 Å². The minimum absolute atomic E-state index is 0.0106. The third kappa shape index (κ3) is 3.84. The highest BCUT2D eigenvalue weighted by Crippen LogP contribution is 2.38. The van der Waals surface area contributed by atoms with Crippen LogP contribution in [0.5, 0.6) is 0 Å². The lowest BCUT2D eigenvalue weighted by Gasteiger charge is -2.21. The number of nitrogens with zero attached hydrogens (tertiary/aromatic N) is 5. The summed E-state index contributed by atoms with van der Waals surface area (Å²) in [4.78, 5) is 50.8. The monoisotopic (exact) mass is 478 g/mol. The molecule has 0 saturated heterocycles. The van der Waals surface area contributed by atoms with Gasteiger partial charge in [0.1, 0.15) is 0 Å². The Morgan fingerprint density at radius 3 is 2.14 bits per heavy atom. The number of nitrogens with two attached hydrogens (primary N) is 2. The Balaban J connectivity index is 1.57. The lowest BCUT2D eigenvalue weighted by molar-refractivity contribution is -0.114. The van der Waals surface area contributed by atoms with Gasteiger partial charge in [0.05, 0.1) is 22.5 Å². The van der Waals surface area contributed by atoms with Crippen molar-refractivity contribution in [2.75, 3.05) is 16.8 Å². The number of fused-ring (bicyclic) bond motifs is 2. The number of hydrogen-bond acceptors (Lipinski definition) is 10. The number of azo groups is 1. The first kappa shape index (κ1) is 22.5. The third-order valence-electron chi connectivity index (χ3n) is 5.50. The van der Waals surface area contributed by atoms with Gasteiger partial charge in [-0.3, -0.25) is 19.4 Å². The number of ketones is 2. The smallest absolute Gasteiger partial charge is 0.221 e. The summed E-state index contributed by atoms with van der Waals surface area (Å²) in [5, 5.41) is 10.9. The van der Waals surface area contributed by atoms with Crippen molar-refractivity contribution in [2.24, 2.45) is 10.2 Å². The summed E-state index contributed by atoms with van der Waals surface area (Å²) >= 11 is 0. The summed E-state index contributed by atoms with van der Waals surface area (Å²) in [6.07, 6.45) is 3.18. The second-order valence-electron chi connectivity index (χ2n) is 7.87. The molecule has 0 fully saturated rings. The predicted octanol–water partition coefficient (Wildman–Crippen LogP) is 3.85. The van der Waals surface area contributed by atoms with Crippen molar-refractivity contribution in [1.82, 2.24) is 15.0 Å². The molecule has 4 aromatic rings. The Kier molecular flexibility index (Phi) is 5.49. The number of pyridine rings is 1. The lowest BCUT2D eigenvalue weighted by Crippen LogP contribution is -2.23. The fraction of sp³-hybridized carbons (Fsp3) is 0.0400. The van der Waals surface area contributed by atoms with Gasteiger partial charge in [0.15, 0.2) is 34.7 Å². The molecule has 11 heteroatoms. The van der Waals surface area contributed by atoms with Crippen LogP contribution in [0.2, 0.25) is 0 Å². The fourth-order valence-electron chi connectivity index (χ4n) is 3.93. The van der Waals surface area contributed by atoms with Crippen LogP contribution in [0.4, 0.5) is 28.7 Å². The molecule has 2 aromatic carbocycles. The van der Waals surface area contributed by atoms with Gasteiger partial charge in [0, 0.05) is 36.0 Å². The van der Waals surface area contributed by atoms with Gasteiger partial charge in [-0.15, -0.1) is 10.2 Å². The molecule has 0 atom stereocenters. The summed E-state index contributed by atoms with van der Waals surface area (Å²) < 4.78 is 0. The molecule has 0 spiro atoms. The van der Waals surface area contributed by atoms with E-state index in [9.17, 15) is 14.4 Å². The highest BCUT2D eigenvalue weighted by Gasteiger charge is 2.34. The molecular formula is C25H18N8O3. The molecule has 2 heterocycles. The summed E-state index contributed by atoms with van der Waals surface area (Å²) in [6.45, 7) is 1.32. The molecule has 36 heavy (non-hydrogen) atoms. The number of aromatic nitrogens is 3. The summed E-state index contributed by atoms with van der Waals surface area (Å²) in [5.74, 6) is -0.932. The van der Waals surface area contributed by atoms with Gasteiger partial charge in [0.2, 0.25) is 5.91 Å². The van der Waals surface area contributed by atoms with E-state index in [0.29, 0.717) is 11.4 Å². The normalized spacial score (nSPS) is 12.4. The topological polar surface area (TPSA) is 179 Å². The Labute approximate surface area is 204 Å². The van der Waals surface area contributed by atoms with E-state index in [2.05, 4.69) is 30.5 Å². The van der Waals surface area contributed by atoms with E-state index in [1.54, 1.807) is 48.8 Å². The molecule has 0 saturated carbocycles. The largest absolute Gasteiger partial charge is 0.382 e. The van der Waals surface area contributed by atoms with E-state index in [4.69, 9.17) is 11.5 Å². The van der Waals surface area contributed by atoms with Gasteiger partial charge in [-0.05, 0) is 24.3 Å². The molecular weight excluding hydrogens is 460 g/mol. The van der Waals surface area contributed by atoms with Crippen molar-refractivity contribution in [3.8, 4) is 11.4 Å². The zero-order valence-electron chi connectivity index (χ0n) is 18.9. The highest BCUT2D eigenvalue weighted by atomic mass is 16.2. The maximum Gasteiger partial charge on any atom is 0.221 e. The first-order chi connectivity index (χ1) is 17.3. The average molecular weight is 478 g/mol. The summed E-state index contributed by atoms with van der Waals surface area (Å²) in [7, 11) is 0. The Morgan fingerprint density at radius 2 is 1.47 bits per heavy atom. The van der Waals surface area contributed by atoms with Crippen molar-refractivity contribution in [3.05, 3.63) is 83.2 Å². The lowest BCUT2D eigenvalue weighted by atomic mass is 9.82. The van der Waals surface area contributed by atoms with E-state index in [1.165, 1.54) is 19.1 Å². The standard InChI is InChI=1S/C25H18N8O3/c1-12(34)29-16-6-2-4-14-18(16)22(36)19-15(21(14)35)5-3-7-17(19)32-33-20-23(26)30-25(31-24(20)27)13-8-10-28-11-9-13/h2-11H,1H3,(H,29,34)(H4,26,27,30,31)/b33-32+. The van der Waals surface area contributed by atoms with Gasteiger partial charge in [0.25, 0.3) is 0 Å². The van der Waals surface area contributed by atoms with Gasteiger partial charge < -0.3 is 16.8 Å². The van der Waals surface area contributed by atoms with Crippen LogP contribution in [0.15, 0.2) is 71.2 Å². The highest BCUT2D eigenvalue weighted by molar-refractivity contribution is 6.32. The number of carbonyl (C=O) groups excluding carboxylic acids is 3. The molecule has 2 aromatic heterocycles. The van der Waals surface area contributed by atoms with Gasteiger partial charge >= 0.3 is 0 Å². The van der Waals surface area contributed by atoms with Gasteiger partial charge in [-0.2, -0.15) is 0 Å². The predicted molar refractivity (Wildman–Crippen MR) is 132 cm³/mol. The second kappa shape index (κ2) is 8.80. The van der Waals surface area contributed by atoms with Crippen molar-refractivity contribution in [1.29, 1.82) is 0 Å². The van der Waals surface area contributed by atoms with E-state index in [0.717, 1.165) is 0 Å². The number of nitrogen functional groups attached to an aromatic ring is 2. The molecule has 1 amide bonds. The summed E-state index contributed by atoms with van der Waals surface area (Å²) in [6, 6.07) is 12.8. The minimum atomic E-state index is -0.469. The number of carbonyl (C=O) groups is 3. The number of nitrogens with one attached hydrogen (secondary N) is 1. The SMILES string of the molecule is CC(=O)Nc1cccc2c1C(=O)c1c(/N=N/c3c(N)nc(-c4ccncc4)nc3N)cccc1C2=O. The number of amides is 1. The molecule has 1 aliphatic carbocycles. The van der Waals surface area contributed by atoms with Gasteiger partial charge in [-0.25, -0.2) is 9.97 Å². The second-order valence-corrected chi connectivity index (χ2v) is 7.87. The van der Waals surface area contributed by atoms with E-state index in [1.807, 2.05) is 0 Å². The third-order valence-corrected chi connectivity index (χ3v) is 5.50. The van der Waals surface area contributed by atoms with Crippen molar-refractivity contribution >= 4 is 46.2 Å². The van der Waals surface area contributed by atoms with Crippen molar-refractivity contribution in [3.63, 3.8) is 0 Å². The molecule has 0 bridgehead atoms. The summed E-state index contributed by atoms with van der Waals surface area (Å²) in [5.41, 5.74) is 13.7. The number of rotatable bonds is 4. The van der Waals surface area contributed by atoms with Crippen LogP contribution in [-0.4, -0.2) is 32.4 Å². The van der Waals surface area contributed by atoms with Crippen LogP contribution in [0.3, 0.4) is 0 Å². The molecule has 1 aliphatic rings. The maximum atomic E-state index is 13.5. The quantitative estimate of drug-likeness (QED) is 0.326. The van der Waals surface area contributed by atoms with Crippen molar-refractivity contribution in [2.45, 2.75) is 6.92 Å². The first-order valence-electron chi connectivity index (χ1n) is 10.7. The molecule has 5 N–H and O–H groups in total. The minimum Gasteiger partial charge on any atom is -0.382 e. The van der Waals surface area contributed by atoms with E-state index < -0.39 is 5.78 Å². The Bertz CT molecular complexity index is 1580.